The minimum Gasteiger partial charge on any atom is -0.447 e. The summed E-state index contributed by atoms with van der Waals surface area (Å²) in [6.07, 6.45) is 3.22. The molecule has 2 aliphatic heterocycles. The second kappa shape index (κ2) is 3.31. The number of hydrogen-bond donors (Lipinski definition) is 1. The smallest absolute Gasteiger partial charge is 0.407 e. The first kappa shape index (κ1) is 7.86. The van der Waals surface area contributed by atoms with Crippen LogP contribution in [0.5, 0.6) is 0 Å². The van der Waals surface area contributed by atoms with Crippen molar-refractivity contribution >= 4 is 6.09 Å². The van der Waals surface area contributed by atoms with Crippen LogP contribution in [0.25, 0.3) is 0 Å². The number of hydrogen-bond acceptors (Lipinski definition) is 3. The van der Waals surface area contributed by atoms with Crippen molar-refractivity contribution in [1.82, 2.24) is 5.32 Å². The van der Waals surface area contributed by atoms with Crippen molar-refractivity contribution in [3.63, 3.8) is 0 Å². The first-order valence-electron chi connectivity index (χ1n) is 4.41. The van der Waals surface area contributed by atoms with E-state index in [1.165, 1.54) is 6.42 Å². The molecular weight excluding hydrogens is 158 g/mol. The maximum atomic E-state index is 10.7. The van der Waals surface area contributed by atoms with Gasteiger partial charge >= 0.3 is 6.09 Å². The van der Waals surface area contributed by atoms with E-state index in [0.717, 1.165) is 19.4 Å². The van der Waals surface area contributed by atoms with Crippen molar-refractivity contribution in [2.24, 2.45) is 0 Å². The Morgan fingerprint density at radius 2 is 2.33 bits per heavy atom. The van der Waals surface area contributed by atoms with Gasteiger partial charge in [0.05, 0.1) is 12.1 Å². The zero-order valence-electron chi connectivity index (χ0n) is 6.91. The van der Waals surface area contributed by atoms with Gasteiger partial charge in [-0.1, -0.05) is 0 Å². The van der Waals surface area contributed by atoms with Crippen molar-refractivity contribution in [3.8, 4) is 0 Å². The van der Waals surface area contributed by atoms with Crippen molar-refractivity contribution in [3.05, 3.63) is 0 Å². The van der Waals surface area contributed by atoms with Gasteiger partial charge in [0.15, 0.2) is 0 Å². The summed E-state index contributed by atoms with van der Waals surface area (Å²) < 4.78 is 10.3. The molecule has 0 radical (unpaired) electrons. The maximum Gasteiger partial charge on any atom is 0.407 e. The number of rotatable bonds is 1. The quantitative estimate of drug-likeness (QED) is 0.630. The average molecular weight is 171 g/mol. The Morgan fingerprint density at radius 3 is 2.92 bits per heavy atom. The third-order valence-electron chi connectivity index (χ3n) is 2.36. The summed E-state index contributed by atoms with van der Waals surface area (Å²) in [6.45, 7) is 1.28. The number of ether oxygens (including phenoxy) is 2. The fourth-order valence-corrected chi connectivity index (χ4v) is 1.68. The summed E-state index contributed by atoms with van der Waals surface area (Å²) in [5.74, 6) is 0. The van der Waals surface area contributed by atoms with Crippen LogP contribution in [0.1, 0.15) is 19.3 Å². The van der Waals surface area contributed by atoms with Gasteiger partial charge in [-0.05, 0) is 19.3 Å². The van der Waals surface area contributed by atoms with E-state index in [9.17, 15) is 4.79 Å². The topological polar surface area (TPSA) is 47.6 Å². The van der Waals surface area contributed by atoms with Gasteiger partial charge in [-0.15, -0.1) is 0 Å². The van der Waals surface area contributed by atoms with Gasteiger partial charge in [-0.2, -0.15) is 0 Å². The molecule has 0 spiro atoms. The highest BCUT2D eigenvalue weighted by molar-refractivity contribution is 5.69. The number of amides is 1. The monoisotopic (exact) mass is 171 g/mol. The Morgan fingerprint density at radius 1 is 1.42 bits per heavy atom. The van der Waals surface area contributed by atoms with Crippen LogP contribution < -0.4 is 5.32 Å². The van der Waals surface area contributed by atoms with Crippen LogP contribution in [0, 0.1) is 0 Å². The van der Waals surface area contributed by atoms with E-state index in [4.69, 9.17) is 9.47 Å². The van der Waals surface area contributed by atoms with Crippen LogP contribution in [-0.4, -0.2) is 31.5 Å². The molecule has 2 fully saturated rings. The third kappa shape index (κ3) is 1.53. The first-order valence-corrected chi connectivity index (χ1v) is 4.41. The van der Waals surface area contributed by atoms with Gasteiger partial charge in [-0.3, -0.25) is 0 Å². The Balaban J connectivity index is 1.86. The largest absolute Gasteiger partial charge is 0.447 e. The van der Waals surface area contributed by atoms with Gasteiger partial charge in [0.25, 0.3) is 0 Å². The standard InChI is InChI=1S/C8H13NO3/c10-8-9-6(5-12-8)7-3-1-2-4-11-7/h6-7H,1-5H2,(H,9,10). The fraction of sp³-hybridized carbons (Fsp3) is 0.875. The summed E-state index contributed by atoms with van der Waals surface area (Å²) in [4.78, 5) is 10.7. The molecular formula is C8H13NO3. The Bertz CT molecular complexity index is 177. The van der Waals surface area contributed by atoms with Gasteiger partial charge in [-0.25, -0.2) is 4.79 Å². The highest BCUT2D eigenvalue weighted by atomic mass is 16.6. The number of carbonyl (C=O) groups excluding carboxylic acids is 1. The summed E-state index contributed by atoms with van der Waals surface area (Å²) in [5, 5.41) is 2.74. The molecule has 0 aromatic carbocycles. The first-order chi connectivity index (χ1) is 5.86. The Hall–Kier alpha value is -0.770. The predicted molar refractivity (Wildman–Crippen MR) is 41.9 cm³/mol. The zero-order valence-corrected chi connectivity index (χ0v) is 6.91. The molecule has 1 amide bonds. The maximum absolute atomic E-state index is 10.7. The Kier molecular flexibility index (Phi) is 2.17. The summed E-state index contributed by atoms with van der Waals surface area (Å²) in [6, 6.07) is 0.0813. The van der Waals surface area contributed by atoms with Crippen LogP contribution in [0.2, 0.25) is 0 Å². The molecule has 2 rings (SSSR count). The predicted octanol–water partition coefficient (Wildman–Crippen LogP) is 0.664. The molecule has 2 unspecified atom stereocenters. The molecule has 2 aliphatic rings. The molecule has 2 heterocycles. The van der Waals surface area contributed by atoms with Crippen LogP contribution in [0.15, 0.2) is 0 Å². The lowest BCUT2D eigenvalue weighted by atomic mass is 10.0. The van der Waals surface area contributed by atoms with E-state index < -0.39 is 0 Å². The molecule has 2 atom stereocenters. The lowest BCUT2D eigenvalue weighted by Crippen LogP contribution is -2.41. The summed E-state index contributed by atoms with van der Waals surface area (Å²) >= 11 is 0. The van der Waals surface area contributed by atoms with Crippen molar-refractivity contribution < 1.29 is 14.3 Å². The van der Waals surface area contributed by atoms with E-state index in [0.29, 0.717) is 6.61 Å². The summed E-state index contributed by atoms with van der Waals surface area (Å²) in [7, 11) is 0. The van der Waals surface area contributed by atoms with E-state index in [1.54, 1.807) is 0 Å². The van der Waals surface area contributed by atoms with Gasteiger partial charge in [0.1, 0.15) is 6.61 Å². The average Bonchev–Trinajstić information content (AvgIpc) is 2.54. The lowest BCUT2D eigenvalue weighted by Gasteiger charge is -2.25. The van der Waals surface area contributed by atoms with Crippen LogP contribution >= 0.6 is 0 Å². The minimum absolute atomic E-state index is 0.0813. The molecule has 1 N–H and O–H groups in total. The molecule has 0 aliphatic carbocycles. The van der Waals surface area contributed by atoms with Crippen molar-refractivity contribution in [2.45, 2.75) is 31.4 Å². The highest BCUT2D eigenvalue weighted by Gasteiger charge is 2.31. The molecule has 68 valence electrons. The highest BCUT2D eigenvalue weighted by Crippen LogP contribution is 2.18. The lowest BCUT2D eigenvalue weighted by molar-refractivity contribution is -0.00529. The number of nitrogens with one attached hydrogen (secondary N) is 1. The minimum atomic E-state index is -0.311. The van der Waals surface area contributed by atoms with Gasteiger partial charge in [0, 0.05) is 6.61 Å². The van der Waals surface area contributed by atoms with Crippen molar-refractivity contribution in [1.29, 1.82) is 0 Å². The van der Waals surface area contributed by atoms with Crippen molar-refractivity contribution in [2.75, 3.05) is 13.2 Å². The van der Waals surface area contributed by atoms with Crippen LogP contribution in [0.3, 0.4) is 0 Å². The number of cyclic esters (lactones) is 1. The molecule has 0 bridgehead atoms. The molecule has 4 heteroatoms. The molecule has 4 nitrogen and oxygen atoms in total. The van der Waals surface area contributed by atoms with Gasteiger partial charge in [0.2, 0.25) is 0 Å². The van der Waals surface area contributed by atoms with E-state index in [-0.39, 0.29) is 18.2 Å². The van der Waals surface area contributed by atoms with Crippen LogP contribution in [-0.2, 0) is 9.47 Å². The molecule has 0 saturated carbocycles. The zero-order chi connectivity index (χ0) is 8.39. The normalized spacial score (nSPS) is 35.8. The number of alkyl carbamates (subject to hydrolysis) is 1. The molecule has 0 aromatic heterocycles. The Labute approximate surface area is 71.2 Å². The van der Waals surface area contributed by atoms with E-state index in [1.807, 2.05) is 0 Å². The molecule has 0 aromatic rings. The summed E-state index contributed by atoms with van der Waals surface area (Å²) in [5.41, 5.74) is 0. The molecule has 2 saturated heterocycles. The third-order valence-corrected chi connectivity index (χ3v) is 2.36. The van der Waals surface area contributed by atoms with E-state index >= 15 is 0 Å². The number of carbonyl (C=O) groups is 1. The molecule has 12 heavy (non-hydrogen) atoms. The van der Waals surface area contributed by atoms with Gasteiger partial charge < -0.3 is 14.8 Å². The second-order valence-corrected chi connectivity index (χ2v) is 3.25. The second-order valence-electron chi connectivity index (χ2n) is 3.25. The van der Waals surface area contributed by atoms with E-state index in [2.05, 4.69) is 5.32 Å². The fourth-order valence-electron chi connectivity index (χ4n) is 1.68. The van der Waals surface area contributed by atoms with Crippen LogP contribution in [0.4, 0.5) is 4.79 Å². The SMILES string of the molecule is O=C1NC(C2CCCCO2)CO1.